The van der Waals surface area contributed by atoms with E-state index in [4.69, 9.17) is 9.79 Å². The fraction of sp³-hybridized carbons (Fsp3) is 0.150. The Morgan fingerprint density at radius 3 is 2.24 bits per heavy atom. The third-order valence-electron chi connectivity index (χ3n) is 4.72. The van der Waals surface area contributed by atoms with Gasteiger partial charge in [0.2, 0.25) is 5.91 Å². The van der Waals surface area contributed by atoms with Crippen LogP contribution in [0, 0.1) is 0 Å². The summed E-state index contributed by atoms with van der Waals surface area (Å²) in [4.78, 5) is 27.7. The minimum absolute atomic E-state index is 0.0400. The topological polar surface area (TPSA) is 229 Å². The third-order valence-corrected chi connectivity index (χ3v) is 7.80. The molecule has 0 aliphatic rings. The van der Waals surface area contributed by atoms with Gasteiger partial charge in [0.25, 0.3) is 10.1 Å². The summed E-state index contributed by atoms with van der Waals surface area (Å²) in [7, 11) is -13.6. The van der Waals surface area contributed by atoms with E-state index >= 15 is 0 Å². The smallest absolute Gasteiger partial charge is 0.469 e. The molecule has 14 nitrogen and oxygen atoms in total. The van der Waals surface area contributed by atoms with Gasteiger partial charge >= 0.3 is 7.82 Å². The normalized spacial score (nSPS) is 12.8. The lowest BCUT2D eigenvalue weighted by molar-refractivity contribution is -0.114. The molecule has 0 aromatic heterocycles. The van der Waals surface area contributed by atoms with Gasteiger partial charge in [-0.15, -0.1) is 5.11 Å². The van der Waals surface area contributed by atoms with Crippen LogP contribution in [0.2, 0.25) is 0 Å². The molecule has 37 heavy (non-hydrogen) atoms. The van der Waals surface area contributed by atoms with Crippen molar-refractivity contribution in [3.63, 3.8) is 0 Å². The van der Waals surface area contributed by atoms with Crippen LogP contribution in [-0.2, 0) is 33.8 Å². The molecule has 0 saturated heterocycles. The highest BCUT2D eigenvalue weighted by atomic mass is 32.2. The molecule has 198 valence electrons. The fourth-order valence-corrected chi connectivity index (χ4v) is 5.33. The lowest BCUT2D eigenvalue weighted by Gasteiger charge is -2.10. The van der Waals surface area contributed by atoms with E-state index in [-0.39, 0.29) is 27.3 Å². The van der Waals surface area contributed by atoms with Crippen LogP contribution in [0.25, 0.3) is 10.8 Å². The number of benzene rings is 3. The van der Waals surface area contributed by atoms with Crippen molar-refractivity contribution in [2.45, 2.75) is 16.7 Å². The van der Waals surface area contributed by atoms with Crippen molar-refractivity contribution >= 4 is 61.5 Å². The predicted octanol–water partition coefficient (Wildman–Crippen LogP) is 3.05. The molecule has 0 atom stereocenters. The fourth-order valence-electron chi connectivity index (χ4n) is 3.13. The zero-order valence-corrected chi connectivity index (χ0v) is 21.4. The van der Waals surface area contributed by atoms with Crippen LogP contribution in [-0.4, -0.2) is 54.5 Å². The number of hydrogen-bond donors (Lipinski definition) is 5. The quantitative estimate of drug-likeness (QED) is 0.142. The van der Waals surface area contributed by atoms with Gasteiger partial charge in [0.1, 0.15) is 10.6 Å². The number of nitrogens with one attached hydrogen (secondary N) is 1. The minimum Gasteiger partial charge on any atom is -0.505 e. The molecule has 3 rings (SSSR count). The lowest BCUT2D eigenvalue weighted by Crippen LogP contribution is -2.11. The second-order valence-corrected chi connectivity index (χ2v) is 12.2. The van der Waals surface area contributed by atoms with E-state index in [2.05, 4.69) is 20.1 Å². The van der Waals surface area contributed by atoms with Gasteiger partial charge < -0.3 is 20.2 Å². The molecule has 3 aromatic carbocycles. The molecule has 3 aromatic rings. The van der Waals surface area contributed by atoms with Crippen molar-refractivity contribution in [3.05, 3.63) is 48.5 Å². The number of rotatable bonds is 9. The van der Waals surface area contributed by atoms with Crippen molar-refractivity contribution in [2.24, 2.45) is 10.2 Å². The summed E-state index contributed by atoms with van der Waals surface area (Å²) in [6.45, 7) is 0.537. The number of azo groups is 1. The second-order valence-electron chi connectivity index (χ2n) is 7.50. The molecule has 0 fully saturated rings. The Morgan fingerprint density at radius 2 is 1.68 bits per heavy atom. The lowest BCUT2D eigenvalue weighted by atomic mass is 10.1. The molecule has 0 unspecified atom stereocenters. The van der Waals surface area contributed by atoms with Crippen molar-refractivity contribution in [1.29, 1.82) is 0 Å². The molecule has 0 radical (unpaired) electrons. The van der Waals surface area contributed by atoms with Crippen molar-refractivity contribution in [3.8, 4) is 5.75 Å². The Balaban J connectivity index is 1.96. The first-order chi connectivity index (χ1) is 17.1. The van der Waals surface area contributed by atoms with Crippen LogP contribution in [0.5, 0.6) is 5.75 Å². The van der Waals surface area contributed by atoms with Crippen LogP contribution in [0.4, 0.5) is 17.1 Å². The van der Waals surface area contributed by atoms with Crippen molar-refractivity contribution < 1.29 is 50.2 Å². The number of nitrogens with zero attached hydrogens (tertiary/aromatic N) is 2. The van der Waals surface area contributed by atoms with Gasteiger partial charge in [-0.3, -0.25) is 13.9 Å². The number of amides is 1. The van der Waals surface area contributed by atoms with Gasteiger partial charge in [-0.05, 0) is 47.9 Å². The molecule has 1 amide bonds. The third kappa shape index (κ3) is 7.39. The summed E-state index contributed by atoms with van der Waals surface area (Å²) in [5.41, 5.74) is -0.250. The summed E-state index contributed by atoms with van der Waals surface area (Å²) in [6, 6.07) is 9.99. The molecule has 0 aliphatic carbocycles. The second kappa shape index (κ2) is 10.6. The average Bonchev–Trinajstić information content (AvgIpc) is 2.77. The molecule has 0 spiro atoms. The minimum atomic E-state index is -4.86. The van der Waals surface area contributed by atoms with Crippen LogP contribution >= 0.6 is 7.82 Å². The van der Waals surface area contributed by atoms with Crippen LogP contribution in [0.15, 0.2) is 68.6 Å². The molecule has 5 N–H and O–H groups in total. The maximum atomic E-state index is 12.3. The highest BCUT2D eigenvalue weighted by Crippen LogP contribution is 2.42. The van der Waals surface area contributed by atoms with E-state index in [1.165, 1.54) is 37.3 Å². The Labute approximate surface area is 210 Å². The van der Waals surface area contributed by atoms with Gasteiger partial charge in [-0.25, -0.2) is 13.0 Å². The number of hydrogen-bond acceptors (Lipinski definition) is 10. The summed E-state index contributed by atoms with van der Waals surface area (Å²) in [5.74, 6) is -1.74. The van der Waals surface area contributed by atoms with Gasteiger partial charge in [-0.1, -0.05) is 6.07 Å². The first kappa shape index (κ1) is 28.3. The van der Waals surface area contributed by atoms with E-state index in [0.717, 1.165) is 18.2 Å². The summed E-state index contributed by atoms with van der Waals surface area (Å²) in [6.07, 6.45) is 0. The van der Waals surface area contributed by atoms with Crippen LogP contribution < -0.4 is 5.32 Å². The number of phosphoric acid groups is 1. The molecule has 0 saturated carbocycles. The maximum absolute atomic E-state index is 12.3. The van der Waals surface area contributed by atoms with Crippen LogP contribution in [0.3, 0.4) is 0 Å². The molecule has 0 aliphatic heterocycles. The van der Waals surface area contributed by atoms with E-state index in [0.29, 0.717) is 5.69 Å². The van der Waals surface area contributed by atoms with Gasteiger partial charge in [0, 0.05) is 18.0 Å². The number of phosphoric ester groups is 1. The average molecular weight is 573 g/mol. The number of sulfone groups is 1. The highest BCUT2D eigenvalue weighted by Gasteiger charge is 2.23. The Kier molecular flexibility index (Phi) is 8.14. The van der Waals surface area contributed by atoms with Gasteiger partial charge in [0.05, 0.1) is 22.9 Å². The molecule has 17 heteroatoms. The number of anilines is 1. The van der Waals surface area contributed by atoms with E-state index in [1.54, 1.807) is 0 Å². The van der Waals surface area contributed by atoms with E-state index in [9.17, 15) is 35.9 Å². The number of phenols is 1. The Bertz CT molecular complexity index is 1650. The first-order valence-electron chi connectivity index (χ1n) is 10.1. The standard InChI is InChI=1S/C20H20N3O11PS2/c1-12(24)21-15-3-2-13-10-18(37(31,32)33)19(20(25)17(13)11-15)23-22-14-4-6-16(7-5-14)36(29,30)9-8-34-35(26,27)28/h2-7,10-11,25H,8-9H2,1H3,(H,21,24)(H2,26,27,28)(H,31,32,33). The van der Waals surface area contributed by atoms with E-state index < -0.39 is 56.5 Å². The number of carbonyl (C=O) groups is 1. The SMILES string of the molecule is CC(=O)Nc1ccc2cc(S(=O)(=O)O)c(N=Nc3ccc(S(=O)(=O)CCOP(=O)(O)O)cc3)c(O)c2c1. The van der Waals surface area contributed by atoms with Crippen molar-refractivity contribution in [1.82, 2.24) is 0 Å². The number of fused-ring (bicyclic) bond motifs is 1. The summed E-state index contributed by atoms with van der Waals surface area (Å²) in [5, 5.41) is 21.1. The highest BCUT2D eigenvalue weighted by molar-refractivity contribution is 7.91. The van der Waals surface area contributed by atoms with Gasteiger partial charge in [0.15, 0.2) is 15.6 Å². The largest absolute Gasteiger partial charge is 0.505 e. The maximum Gasteiger partial charge on any atom is 0.469 e. The number of phenolic OH excluding ortho intramolecular Hbond substituents is 1. The Morgan fingerprint density at radius 1 is 1.03 bits per heavy atom. The summed E-state index contributed by atoms with van der Waals surface area (Å²) < 4.78 is 72.9. The first-order valence-corrected chi connectivity index (χ1v) is 14.7. The molecule has 0 heterocycles. The number of aromatic hydroxyl groups is 1. The van der Waals surface area contributed by atoms with Crippen LogP contribution in [0.1, 0.15) is 6.92 Å². The van der Waals surface area contributed by atoms with Crippen molar-refractivity contribution in [2.75, 3.05) is 17.7 Å². The molecule has 0 bridgehead atoms. The Hall–Kier alpha value is -3.24. The zero-order valence-electron chi connectivity index (χ0n) is 18.8. The monoisotopic (exact) mass is 573 g/mol. The number of carbonyl (C=O) groups excluding carboxylic acids is 1. The zero-order chi connectivity index (χ0) is 27.6. The molecular weight excluding hydrogens is 553 g/mol. The molecular formula is C20H20N3O11PS2. The van der Waals surface area contributed by atoms with E-state index in [1.807, 2.05) is 0 Å². The summed E-state index contributed by atoms with van der Waals surface area (Å²) >= 11 is 0. The predicted molar refractivity (Wildman–Crippen MR) is 130 cm³/mol. The van der Waals surface area contributed by atoms with Gasteiger partial charge in [-0.2, -0.15) is 13.5 Å².